The van der Waals surface area contributed by atoms with Crippen molar-refractivity contribution in [3.8, 4) is 0 Å². The average Bonchev–Trinajstić information content (AvgIpc) is 3.12. The van der Waals surface area contributed by atoms with Gasteiger partial charge in [0.1, 0.15) is 0 Å². The number of Topliss-reactive ketones (excluding diaryl/α,β-unsaturated/α-hetero) is 1. The van der Waals surface area contributed by atoms with E-state index in [9.17, 15) is 29.5 Å². The third-order valence-electron chi connectivity index (χ3n) is 4.77. The molecule has 1 aliphatic heterocycles. The van der Waals surface area contributed by atoms with Crippen molar-refractivity contribution in [1.29, 1.82) is 0 Å². The SMILES string of the molecule is C=Cc1ccccc1C(=O)N1CCC(C(=O)OCC)(C(=O)C(=[N+]=[N-])C(=O)OCC)C1=O. The molecule has 0 bridgehead atoms. The lowest BCUT2D eigenvalue weighted by molar-refractivity contribution is -0.163. The zero-order valence-electron chi connectivity index (χ0n) is 17.1. The molecule has 10 heteroatoms. The minimum absolute atomic E-state index is 0.138. The van der Waals surface area contributed by atoms with Crippen LogP contribution in [-0.4, -0.2) is 64.7 Å². The molecular weight excluding hydrogens is 406 g/mol. The molecule has 162 valence electrons. The van der Waals surface area contributed by atoms with Gasteiger partial charge in [0.2, 0.25) is 5.41 Å². The second kappa shape index (κ2) is 9.73. The van der Waals surface area contributed by atoms with Crippen LogP contribution in [-0.2, 0) is 28.7 Å². The Morgan fingerprint density at radius 2 is 1.84 bits per heavy atom. The largest absolute Gasteiger partial charge is 0.465 e. The van der Waals surface area contributed by atoms with E-state index in [4.69, 9.17) is 4.74 Å². The van der Waals surface area contributed by atoms with E-state index in [1.165, 1.54) is 26.0 Å². The summed E-state index contributed by atoms with van der Waals surface area (Å²) in [4.78, 5) is 67.5. The summed E-state index contributed by atoms with van der Waals surface area (Å²) < 4.78 is 9.57. The molecule has 1 aliphatic rings. The number of nitrogens with zero attached hydrogens (tertiary/aromatic N) is 3. The molecule has 0 spiro atoms. The van der Waals surface area contributed by atoms with Gasteiger partial charge in [-0.1, -0.05) is 30.9 Å². The van der Waals surface area contributed by atoms with Gasteiger partial charge in [0.25, 0.3) is 17.6 Å². The topological polar surface area (TPSA) is 143 Å². The lowest BCUT2D eigenvalue weighted by atomic mass is 9.79. The number of ketones is 1. The minimum atomic E-state index is -2.55. The number of esters is 2. The van der Waals surface area contributed by atoms with Crippen molar-refractivity contribution >= 4 is 41.3 Å². The highest BCUT2D eigenvalue weighted by Crippen LogP contribution is 2.36. The summed E-state index contributed by atoms with van der Waals surface area (Å²) >= 11 is 0. The number of carbonyl (C=O) groups excluding carboxylic acids is 5. The number of likely N-dealkylation sites (tertiary alicyclic amines) is 1. The van der Waals surface area contributed by atoms with Crippen LogP contribution in [0.1, 0.15) is 36.2 Å². The molecule has 0 aromatic heterocycles. The Balaban J connectivity index is 2.53. The van der Waals surface area contributed by atoms with E-state index in [-0.39, 0.29) is 25.3 Å². The Morgan fingerprint density at radius 3 is 2.42 bits per heavy atom. The quantitative estimate of drug-likeness (QED) is 0.151. The predicted octanol–water partition coefficient (Wildman–Crippen LogP) is 1.05. The lowest BCUT2D eigenvalue weighted by Gasteiger charge is -2.22. The van der Waals surface area contributed by atoms with E-state index in [1.54, 1.807) is 18.2 Å². The number of amides is 2. The molecule has 1 heterocycles. The van der Waals surface area contributed by atoms with Crippen LogP contribution in [0.2, 0.25) is 0 Å². The molecule has 1 atom stereocenters. The van der Waals surface area contributed by atoms with Crippen molar-refractivity contribution in [2.75, 3.05) is 19.8 Å². The van der Waals surface area contributed by atoms with Gasteiger partial charge in [-0.05, 0) is 31.9 Å². The molecule has 1 aromatic carbocycles. The number of ether oxygens (including phenoxy) is 2. The number of carbonyl (C=O) groups is 5. The van der Waals surface area contributed by atoms with Gasteiger partial charge >= 0.3 is 17.7 Å². The van der Waals surface area contributed by atoms with Crippen molar-refractivity contribution in [2.45, 2.75) is 20.3 Å². The summed E-state index contributed by atoms with van der Waals surface area (Å²) in [5.41, 5.74) is 6.10. The fourth-order valence-corrected chi connectivity index (χ4v) is 3.25. The zero-order valence-corrected chi connectivity index (χ0v) is 17.1. The Morgan fingerprint density at radius 1 is 1.19 bits per heavy atom. The fraction of sp³-hybridized carbons (Fsp3) is 0.333. The molecule has 0 radical (unpaired) electrons. The maximum atomic E-state index is 13.3. The van der Waals surface area contributed by atoms with E-state index in [2.05, 4.69) is 16.1 Å². The number of hydrogen-bond acceptors (Lipinski definition) is 7. The Kier molecular flexibility index (Phi) is 7.33. The van der Waals surface area contributed by atoms with Crippen molar-refractivity contribution in [3.05, 3.63) is 47.5 Å². The molecule has 0 aliphatic carbocycles. The molecule has 2 amide bonds. The van der Waals surface area contributed by atoms with Crippen LogP contribution in [0.5, 0.6) is 0 Å². The predicted molar refractivity (Wildman–Crippen MR) is 107 cm³/mol. The molecule has 1 fully saturated rings. The molecule has 1 saturated heterocycles. The van der Waals surface area contributed by atoms with Crippen LogP contribution in [0.4, 0.5) is 0 Å². The highest BCUT2D eigenvalue weighted by Gasteiger charge is 2.65. The Bertz CT molecular complexity index is 1010. The molecule has 2 rings (SSSR count). The van der Waals surface area contributed by atoms with Gasteiger partial charge in [-0.25, -0.2) is 4.79 Å². The zero-order chi connectivity index (χ0) is 23.2. The first kappa shape index (κ1) is 23.4. The Labute approximate surface area is 178 Å². The van der Waals surface area contributed by atoms with Crippen LogP contribution in [0.15, 0.2) is 30.8 Å². The van der Waals surface area contributed by atoms with Gasteiger partial charge in [0.15, 0.2) is 0 Å². The molecule has 31 heavy (non-hydrogen) atoms. The average molecular weight is 427 g/mol. The number of benzene rings is 1. The summed E-state index contributed by atoms with van der Waals surface area (Å²) in [6.45, 7) is 5.93. The summed E-state index contributed by atoms with van der Waals surface area (Å²) in [7, 11) is 0. The summed E-state index contributed by atoms with van der Waals surface area (Å²) in [6, 6.07) is 6.34. The standard InChI is InChI=1S/C21H21N3O7/c1-4-13-9-7-8-10-14(13)17(26)24-12-11-21(19(24)28,20(29)31-6-3)16(25)15(23-22)18(27)30-5-2/h4,7-10H,1,5-6,11-12H2,2-3H3. The third-order valence-corrected chi connectivity index (χ3v) is 4.77. The van der Waals surface area contributed by atoms with Crippen molar-refractivity contribution < 1.29 is 38.2 Å². The summed E-state index contributed by atoms with van der Waals surface area (Å²) in [5.74, 6) is -5.89. The van der Waals surface area contributed by atoms with Gasteiger partial charge in [-0.2, -0.15) is 4.79 Å². The van der Waals surface area contributed by atoms with E-state index in [1.807, 2.05) is 0 Å². The maximum absolute atomic E-state index is 13.3. The highest BCUT2D eigenvalue weighted by atomic mass is 16.5. The third kappa shape index (κ3) is 4.06. The second-order valence-corrected chi connectivity index (χ2v) is 6.43. The van der Waals surface area contributed by atoms with Gasteiger partial charge in [0.05, 0.1) is 13.2 Å². The van der Waals surface area contributed by atoms with Gasteiger partial charge in [-0.15, -0.1) is 0 Å². The van der Waals surface area contributed by atoms with Crippen LogP contribution in [0, 0.1) is 5.41 Å². The normalized spacial score (nSPS) is 17.5. The first-order valence-corrected chi connectivity index (χ1v) is 9.49. The molecule has 0 N–H and O–H groups in total. The van der Waals surface area contributed by atoms with Gasteiger partial charge in [-0.3, -0.25) is 24.1 Å². The maximum Gasteiger partial charge on any atom is 0.443 e. The molecular formula is C21H21N3O7. The van der Waals surface area contributed by atoms with E-state index < -0.39 is 47.1 Å². The van der Waals surface area contributed by atoms with Crippen LogP contribution in [0.3, 0.4) is 0 Å². The molecule has 1 aromatic rings. The first-order chi connectivity index (χ1) is 14.8. The van der Waals surface area contributed by atoms with Crippen molar-refractivity contribution in [1.82, 2.24) is 4.90 Å². The van der Waals surface area contributed by atoms with Crippen molar-refractivity contribution in [3.63, 3.8) is 0 Å². The monoisotopic (exact) mass is 427 g/mol. The van der Waals surface area contributed by atoms with E-state index in [0.29, 0.717) is 5.56 Å². The van der Waals surface area contributed by atoms with Crippen LogP contribution < -0.4 is 0 Å². The van der Waals surface area contributed by atoms with E-state index >= 15 is 0 Å². The molecule has 1 unspecified atom stereocenters. The highest BCUT2D eigenvalue weighted by molar-refractivity contribution is 6.66. The summed E-state index contributed by atoms with van der Waals surface area (Å²) in [5, 5.41) is 0. The molecule has 0 saturated carbocycles. The first-order valence-electron chi connectivity index (χ1n) is 9.49. The minimum Gasteiger partial charge on any atom is -0.465 e. The smallest absolute Gasteiger partial charge is 0.443 e. The summed E-state index contributed by atoms with van der Waals surface area (Å²) in [6.07, 6.45) is 0.971. The lowest BCUT2D eigenvalue weighted by Crippen LogP contribution is -2.52. The number of imide groups is 1. The van der Waals surface area contributed by atoms with Crippen LogP contribution in [0.25, 0.3) is 11.6 Å². The second-order valence-electron chi connectivity index (χ2n) is 6.43. The van der Waals surface area contributed by atoms with E-state index in [0.717, 1.165) is 4.90 Å². The van der Waals surface area contributed by atoms with Crippen molar-refractivity contribution in [2.24, 2.45) is 5.41 Å². The number of rotatable bonds is 8. The van der Waals surface area contributed by atoms with Gasteiger partial charge in [0, 0.05) is 12.1 Å². The van der Waals surface area contributed by atoms with Gasteiger partial charge < -0.3 is 15.0 Å². The molecule has 10 nitrogen and oxygen atoms in total. The fourth-order valence-electron chi connectivity index (χ4n) is 3.25. The Hall–Kier alpha value is -3.91. The van der Waals surface area contributed by atoms with Crippen LogP contribution >= 0.6 is 0 Å². The number of hydrogen-bond donors (Lipinski definition) is 0.